The summed E-state index contributed by atoms with van der Waals surface area (Å²) in [6.07, 6.45) is 4.18. The van der Waals surface area contributed by atoms with Crippen LogP contribution in [0, 0.1) is 11.3 Å². The minimum Gasteiger partial charge on any atom is -0.312 e. The second kappa shape index (κ2) is 6.62. The van der Waals surface area contributed by atoms with Crippen molar-refractivity contribution in [2.75, 3.05) is 37.7 Å². The van der Waals surface area contributed by atoms with E-state index in [1.807, 2.05) is 0 Å². The first kappa shape index (κ1) is 14.7. The predicted molar refractivity (Wildman–Crippen MR) is 82.4 cm³/mol. The molecule has 2 aliphatic heterocycles. The van der Waals surface area contributed by atoms with E-state index in [-0.39, 0.29) is 0 Å². The normalized spacial score (nSPS) is 30.5. The van der Waals surface area contributed by atoms with Crippen molar-refractivity contribution in [1.29, 1.82) is 0 Å². The molecule has 0 spiro atoms. The average molecular weight is 270 g/mol. The molecule has 0 radical (unpaired) electrons. The lowest BCUT2D eigenvalue weighted by Gasteiger charge is -2.39. The second-order valence-electron chi connectivity index (χ2n) is 6.89. The van der Waals surface area contributed by atoms with E-state index in [0.717, 1.165) is 5.92 Å². The molecule has 2 fully saturated rings. The Morgan fingerprint density at radius 2 is 2.06 bits per heavy atom. The van der Waals surface area contributed by atoms with Gasteiger partial charge in [-0.05, 0) is 56.0 Å². The Balaban J connectivity index is 1.69. The molecular weight excluding hydrogens is 240 g/mol. The van der Waals surface area contributed by atoms with Crippen LogP contribution in [0.2, 0.25) is 0 Å². The van der Waals surface area contributed by atoms with E-state index in [0.29, 0.717) is 11.5 Å². The molecule has 2 nitrogen and oxygen atoms in total. The van der Waals surface area contributed by atoms with Gasteiger partial charge in [-0.25, -0.2) is 0 Å². The molecule has 0 aromatic carbocycles. The van der Waals surface area contributed by atoms with Crippen LogP contribution >= 0.6 is 11.8 Å². The van der Waals surface area contributed by atoms with E-state index in [1.54, 1.807) is 0 Å². The fraction of sp³-hybridized carbons (Fsp3) is 1.00. The molecule has 3 heteroatoms. The number of rotatable bonds is 5. The summed E-state index contributed by atoms with van der Waals surface area (Å²) in [5, 5.41) is 3.84. The Morgan fingerprint density at radius 3 is 2.72 bits per heavy atom. The molecule has 2 atom stereocenters. The number of nitrogens with zero attached hydrogens (tertiary/aromatic N) is 1. The lowest BCUT2D eigenvalue weighted by molar-refractivity contribution is 0.223. The van der Waals surface area contributed by atoms with Crippen molar-refractivity contribution in [3.8, 4) is 0 Å². The van der Waals surface area contributed by atoms with Crippen molar-refractivity contribution < 1.29 is 0 Å². The van der Waals surface area contributed by atoms with Crippen LogP contribution in [0.1, 0.15) is 40.0 Å². The van der Waals surface area contributed by atoms with Gasteiger partial charge in [0.05, 0.1) is 0 Å². The second-order valence-corrected chi connectivity index (χ2v) is 8.04. The van der Waals surface area contributed by atoms with E-state index < -0.39 is 0 Å². The highest BCUT2D eigenvalue weighted by molar-refractivity contribution is 7.99. The molecule has 2 saturated heterocycles. The maximum Gasteiger partial charge on any atom is 0.0209 e. The van der Waals surface area contributed by atoms with E-state index >= 15 is 0 Å². The molecule has 18 heavy (non-hydrogen) atoms. The quantitative estimate of drug-likeness (QED) is 0.827. The van der Waals surface area contributed by atoms with Gasteiger partial charge in [-0.1, -0.05) is 20.8 Å². The zero-order valence-electron chi connectivity index (χ0n) is 12.4. The van der Waals surface area contributed by atoms with Gasteiger partial charge in [-0.3, -0.25) is 0 Å². The number of hydrogen-bond donors (Lipinski definition) is 1. The smallest absolute Gasteiger partial charge is 0.0209 e. The van der Waals surface area contributed by atoms with E-state index in [4.69, 9.17) is 0 Å². The van der Waals surface area contributed by atoms with Crippen molar-refractivity contribution in [2.24, 2.45) is 11.3 Å². The Bertz CT molecular complexity index is 249. The molecule has 2 aliphatic rings. The fourth-order valence-corrected chi connectivity index (χ4v) is 4.73. The minimum atomic E-state index is 0.485. The molecule has 2 unspecified atom stereocenters. The molecule has 0 saturated carbocycles. The van der Waals surface area contributed by atoms with Gasteiger partial charge in [0, 0.05) is 18.3 Å². The summed E-state index contributed by atoms with van der Waals surface area (Å²) in [5.74, 6) is 3.42. The molecule has 106 valence electrons. The van der Waals surface area contributed by atoms with Crippen molar-refractivity contribution in [3.05, 3.63) is 0 Å². The predicted octanol–water partition coefficient (Wildman–Crippen LogP) is 2.84. The summed E-state index contributed by atoms with van der Waals surface area (Å²) in [6, 6.07) is 0.706. The van der Waals surface area contributed by atoms with Crippen LogP contribution < -0.4 is 5.32 Å². The Labute approximate surface area is 117 Å². The third-order valence-corrected chi connectivity index (χ3v) is 5.66. The first-order valence-corrected chi connectivity index (χ1v) is 8.77. The Kier molecular flexibility index (Phi) is 5.40. The number of thioether (sulfide) groups is 1. The van der Waals surface area contributed by atoms with Crippen LogP contribution in [0.3, 0.4) is 0 Å². The third kappa shape index (κ3) is 4.14. The van der Waals surface area contributed by atoms with Crippen LogP contribution in [0.25, 0.3) is 0 Å². The standard InChI is InChI=1S/C15H30N2S/c1-13(11-17-7-4-5-8-17)10-16-14-12-18-9-6-15(14,2)3/h13-14,16H,4-12H2,1-3H3. The third-order valence-electron chi connectivity index (χ3n) is 4.60. The molecule has 0 bridgehead atoms. The Morgan fingerprint density at radius 1 is 1.33 bits per heavy atom. The van der Waals surface area contributed by atoms with Crippen LogP contribution in [0.5, 0.6) is 0 Å². The summed E-state index contributed by atoms with van der Waals surface area (Å²) in [7, 11) is 0. The van der Waals surface area contributed by atoms with E-state index in [1.165, 1.54) is 56.9 Å². The van der Waals surface area contributed by atoms with Gasteiger partial charge in [-0.15, -0.1) is 0 Å². The zero-order chi connectivity index (χ0) is 13.0. The maximum absolute atomic E-state index is 3.84. The SMILES string of the molecule is CC(CNC1CSCCC1(C)C)CN1CCCC1. The number of nitrogens with one attached hydrogen (secondary N) is 1. The van der Waals surface area contributed by atoms with Crippen molar-refractivity contribution >= 4 is 11.8 Å². The van der Waals surface area contributed by atoms with Crippen LogP contribution in [0.4, 0.5) is 0 Å². The Hall–Kier alpha value is 0.270. The van der Waals surface area contributed by atoms with Gasteiger partial charge in [0.15, 0.2) is 0 Å². The molecule has 2 rings (SSSR count). The molecular formula is C15H30N2S. The lowest BCUT2D eigenvalue weighted by Crippen LogP contribution is -2.48. The van der Waals surface area contributed by atoms with Gasteiger partial charge in [0.2, 0.25) is 0 Å². The first-order chi connectivity index (χ1) is 8.58. The number of hydrogen-bond acceptors (Lipinski definition) is 3. The first-order valence-electron chi connectivity index (χ1n) is 7.61. The molecule has 1 N–H and O–H groups in total. The van der Waals surface area contributed by atoms with Crippen molar-refractivity contribution in [2.45, 2.75) is 46.1 Å². The highest BCUT2D eigenvalue weighted by atomic mass is 32.2. The monoisotopic (exact) mass is 270 g/mol. The molecule has 2 heterocycles. The van der Waals surface area contributed by atoms with Gasteiger partial charge in [0.25, 0.3) is 0 Å². The van der Waals surface area contributed by atoms with Crippen LogP contribution in [-0.4, -0.2) is 48.6 Å². The summed E-state index contributed by atoms with van der Waals surface area (Å²) in [6.45, 7) is 12.4. The highest BCUT2D eigenvalue weighted by Gasteiger charge is 2.32. The summed E-state index contributed by atoms with van der Waals surface area (Å²) in [5.41, 5.74) is 0.485. The summed E-state index contributed by atoms with van der Waals surface area (Å²) in [4.78, 5) is 2.63. The summed E-state index contributed by atoms with van der Waals surface area (Å²) >= 11 is 2.12. The van der Waals surface area contributed by atoms with Gasteiger partial charge >= 0.3 is 0 Å². The minimum absolute atomic E-state index is 0.485. The van der Waals surface area contributed by atoms with Gasteiger partial charge in [-0.2, -0.15) is 11.8 Å². The van der Waals surface area contributed by atoms with Crippen molar-refractivity contribution in [3.63, 3.8) is 0 Å². The highest BCUT2D eigenvalue weighted by Crippen LogP contribution is 2.34. The number of likely N-dealkylation sites (tertiary alicyclic amines) is 1. The summed E-state index contributed by atoms with van der Waals surface area (Å²) < 4.78 is 0. The average Bonchev–Trinajstić information content (AvgIpc) is 2.80. The van der Waals surface area contributed by atoms with Crippen LogP contribution in [0.15, 0.2) is 0 Å². The van der Waals surface area contributed by atoms with Crippen LogP contribution in [-0.2, 0) is 0 Å². The zero-order valence-corrected chi connectivity index (χ0v) is 13.2. The maximum atomic E-state index is 3.84. The molecule has 0 aromatic heterocycles. The van der Waals surface area contributed by atoms with Crippen molar-refractivity contribution in [1.82, 2.24) is 10.2 Å². The topological polar surface area (TPSA) is 15.3 Å². The van der Waals surface area contributed by atoms with Gasteiger partial charge in [0.1, 0.15) is 0 Å². The molecule has 0 aliphatic carbocycles. The lowest BCUT2D eigenvalue weighted by atomic mass is 9.82. The largest absolute Gasteiger partial charge is 0.312 e. The van der Waals surface area contributed by atoms with Gasteiger partial charge < -0.3 is 10.2 Å². The molecule has 0 amide bonds. The van der Waals surface area contributed by atoms with E-state index in [9.17, 15) is 0 Å². The fourth-order valence-electron chi connectivity index (χ4n) is 3.09. The molecule has 0 aromatic rings. The van der Waals surface area contributed by atoms with E-state index in [2.05, 4.69) is 42.7 Å².